The standard InChI is InChI=1S/C12H16O/c1-9-4-5-10(2)11(8-9)12(3)6-7-13-12/h4-5,8H,6-7H2,1-3H3. The SMILES string of the molecule is Cc1ccc(C)c(C2(C)CCO2)c1. The Bertz CT molecular complexity index is 324. The number of ether oxygens (including phenoxy) is 1. The fourth-order valence-electron chi connectivity index (χ4n) is 1.93. The van der Waals surface area contributed by atoms with Crippen LogP contribution in [0.3, 0.4) is 0 Å². The molecule has 0 bridgehead atoms. The van der Waals surface area contributed by atoms with Crippen molar-refractivity contribution in [1.82, 2.24) is 0 Å². The molecule has 0 aliphatic carbocycles. The Hall–Kier alpha value is -0.820. The lowest BCUT2D eigenvalue weighted by Crippen LogP contribution is -2.38. The Morgan fingerprint density at radius 1 is 1.31 bits per heavy atom. The van der Waals surface area contributed by atoms with E-state index in [4.69, 9.17) is 4.74 Å². The van der Waals surface area contributed by atoms with Crippen LogP contribution in [0.25, 0.3) is 0 Å². The molecular formula is C12H16O. The molecule has 1 aromatic carbocycles. The molecule has 1 saturated heterocycles. The highest BCUT2D eigenvalue weighted by Gasteiger charge is 2.35. The Balaban J connectivity index is 2.43. The van der Waals surface area contributed by atoms with Crippen LogP contribution in [-0.4, -0.2) is 6.61 Å². The molecule has 2 rings (SSSR count). The van der Waals surface area contributed by atoms with Gasteiger partial charge in [0.05, 0.1) is 12.2 Å². The minimum Gasteiger partial charge on any atom is -0.370 e. The maximum atomic E-state index is 5.64. The molecule has 1 atom stereocenters. The molecule has 70 valence electrons. The minimum atomic E-state index is -0.00387. The van der Waals surface area contributed by atoms with Crippen molar-refractivity contribution >= 4 is 0 Å². The number of hydrogen-bond acceptors (Lipinski definition) is 1. The molecule has 1 aliphatic rings. The molecular weight excluding hydrogens is 160 g/mol. The predicted molar refractivity (Wildman–Crippen MR) is 53.8 cm³/mol. The summed E-state index contributed by atoms with van der Waals surface area (Å²) in [6.07, 6.45) is 1.15. The van der Waals surface area contributed by atoms with Crippen LogP contribution in [0.2, 0.25) is 0 Å². The summed E-state index contributed by atoms with van der Waals surface area (Å²) in [7, 11) is 0. The summed E-state index contributed by atoms with van der Waals surface area (Å²) in [6, 6.07) is 6.58. The van der Waals surface area contributed by atoms with E-state index in [0.717, 1.165) is 13.0 Å². The second-order valence-electron chi connectivity index (χ2n) is 4.15. The molecule has 0 aromatic heterocycles. The molecule has 0 saturated carbocycles. The van der Waals surface area contributed by atoms with Gasteiger partial charge in [0, 0.05) is 6.42 Å². The van der Waals surface area contributed by atoms with Crippen LogP contribution in [0, 0.1) is 13.8 Å². The van der Waals surface area contributed by atoms with E-state index >= 15 is 0 Å². The van der Waals surface area contributed by atoms with Gasteiger partial charge in [-0.15, -0.1) is 0 Å². The van der Waals surface area contributed by atoms with E-state index in [1.54, 1.807) is 0 Å². The fraction of sp³-hybridized carbons (Fsp3) is 0.500. The van der Waals surface area contributed by atoms with Crippen LogP contribution in [0.15, 0.2) is 18.2 Å². The number of benzene rings is 1. The van der Waals surface area contributed by atoms with Crippen molar-refractivity contribution in [2.24, 2.45) is 0 Å². The summed E-state index contributed by atoms with van der Waals surface area (Å²) in [5.74, 6) is 0. The first-order valence-corrected chi connectivity index (χ1v) is 4.83. The van der Waals surface area contributed by atoms with Crippen LogP contribution in [0.4, 0.5) is 0 Å². The number of rotatable bonds is 1. The van der Waals surface area contributed by atoms with Crippen molar-refractivity contribution in [3.8, 4) is 0 Å². The van der Waals surface area contributed by atoms with Crippen LogP contribution >= 0.6 is 0 Å². The van der Waals surface area contributed by atoms with Gasteiger partial charge in [0.2, 0.25) is 0 Å². The van der Waals surface area contributed by atoms with E-state index in [-0.39, 0.29) is 5.60 Å². The van der Waals surface area contributed by atoms with Crippen LogP contribution < -0.4 is 0 Å². The Kier molecular flexibility index (Phi) is 1.92. The average molecular weight is 176 g/mol. The molecule has 1 fully saturated rings. The zero-order valence-corrected chi connectivity index (χ0v) is 8.55. The highest BCUT2D eigenvalue weighted by Crippen LogP contribution is 2.38. The first-order valence-electron chi connectivity index (χ1n) is 4.83. The number of hydrogen-bond donors (Lipinski definition) is 0. The van der Waals surface area contributed by atoms with Gasteiger partial charge in [-0.05, 0) is 31.9 Å². The normalized spacial score (nSPS) is 27.0. The second kappa shape index (κ2) is 2.85. The summed E-state index contributed by atoms with van der Waals surface area (Å²) in [4.78, 5) is 0. The van der Waals surface area contributed by atoms with Crippen molar-refractivity contribution in [2.45, 2.75) is 32.8 Å². The topological polar surface area (TPSA) is 9.23 Å². The average Bonchev–Trinajstić information content (AvgIpc) is 2.05. The Labute approximate surface area is 79.7 Å². The van der Waals surface area contributed by atoms with Gasteiger partial charge in [0.25, 0.3) is 0 Å². The van der Waals surface area contributed by atoms with Crippen molar-refractivity contribution in [2.75, 3.05) is 6.61 Å². The summed E-state index contributed by atoms with van der Waals surface area (Å²) in [5, 5.41) is 0. The third-order valence-electron chi connectivity index (χ3n) is 2.96. The molecule has 1 heteroatoms. The summed E-state index contributed by atoms with van der Waals surface area (Å²) >= 11 is 0. The maximum Gasteiger partial charge on any atom is 0.0927 e. The summed E-state index contributed by atoms with van der Waals surface area (Å²) in [6.45, 7) is 7.37. The Morgan fingerprint density at radius 2 is 2.00 bits per heavy atom. The van der Waals surface area contributed by atoms with E-state index in [9.17, 15) is 0 Å². The van der Waals surface area contributed by atoms with Crippen molar-refractivity contribution in [3.63, 3.8) is 0 Å². The molecule has 13 heavy (non-hydrogen) atoms. The third kappa shape index (κ3) is 1.37. The van der Waals surface area contributed by atoms with Crippen molar-refractivity contribution in [1.29, 1.82) is 0 Å². The van der Waals surface area contributed by atoms with Crippen LogP contribution in [-0.2, 0) is 10.3 Å². The van der Waals surface area contributed by atoms with Crippen LogP contribution in [0.5, 0.6) is 0 Å². The molecule has 0 N–H and O–H groups in total. The largest absolute Gasteiger partial charge is 0.370 e. The minimum absolute atomic E-state index is 0.00387. The molecule has 1 nitrogen and oxygen atoms in total. The van der Waals surface area contributed by atoms with E-state index in [0.29, 0.717) is 0 Å². The highest BCUT2D eigenvalue weighted by molar-refractivity contribution is 5.35. The lowest BCUT2D eigenvalue weighted by atomic mass is 9.85. The van der Waals surface area contributed by atoms with Gasteiger partial charge >= 0.3 is 0 Å². The smallest absolute Gasteiger partial charge is 0.0927 e. The quantitative estimate of drug-likeness (QED) is 0.639. The second-order valence-corrected chi connectivity index (χ2v) is 4.15. The molecule has 1 aliphatic heterocycles. The summed E-state index contributed by atoms with van der Waals surface area (Å²) in [5.41, 5.74) is 4.01. The van der Waals surface area contributed by atoms with Gasteiger partial charge in [-0.25, -0.2) is 0 Å². The van der Waals surface area contributed by atoms with Gasteiger partial charge in [0.15, 0.2) is 0 Å². The lowest BCUT2D eigenvalue weighted by Gasteiger charge is -2.40. The third-order valence-corrected chi connectivity index (χ3v) is 2.96. The fourth-order valence-corrected chi connectivity index (χ4v) is 1.93. The molecule has 1 heterocycles. The van der Waals surface area contributed by atoms with Crippen molar-refractivity contribution < 1.29 is 4.74 Å². The van der Waals surface area contributed by atoms with Gasteiger partial charge in [0.1, 0.15) is 0 Å². The molecule has 1 aromatic rings. The first-order chi connectivity index (χ1) is 6.12. The molecule has 1 unspecified atom stereocenters. The van der Waals surface area contributed by atoms with Crippen molar-refractivity contribution in [3.05, 3.63) is 34.9 Å². The predicted octanol–water partition coefficient (Wildman–Crippen LogP) is 2.94. The maximum absolute atomic E-state index is 5.64. The van der Waals surface area contributed by atoms with Gasteiger partial charge in [-0.2, -0.15) is 0 Å². The molecule has 0 radical (unpaired) electrons. The van der Waals surface area contributed by atoms with E-state index in [2.05, 4.69) is 39.0 Å². The molecule has 0 spiro atoms. The summed E-state index contributed by atoms with van der Waals surface area (Å²) < 4.78 is 5.64. The van der Waals surface area contributed by atoms with E-state index in [1.165, 1.54) is 16.7 Å². The van der Waals surface area contributed by atoms with E-state index in [1.807, 2.05) is 0 Å². The van der Waals surface area contributed by atoms with Gasteiger partial charge in [-0.3, -0.25) is 0 Å². The van der Waals surface area contributed by atoms with Gasteiger partial charge in [-0.1, -0.05) is 23.8 Å². The zero-order valence-electron chi connectivity index (χ0n) is 8.55. The van der Waals surface area contributed by atoms with Crippen LogP contribution in [0.1, 0.15) is 30.0 Å². The monoisotopic (exact) mass is 176 g/mol. The lowest BCUT2D eigenvalue weighted by molar-refractivity contribution is -0.141. The number of aryl methyl sites for hydroxylation is 2. The Morgan fingerprint density at radius 3 is 2.54 bits per heavy atom. The van der Waals surface area contributed by atoms with Gasteiger partial charge < -0.3 is 4.74 Å². The zero-order chi connectivity index (χ0) is 9.47. The van der Waals surface area contributed by atoms with E-state index < -0.39 is 0 Å². The first kappa shape index (κ1) is 8.76. The highest BCUT2D eigenvalue weighted by atomic mass is 16.5. The molecule has 0 amide bonds.